The lowest BCUT2D eigenvalue weighted by Gasteiger charge is -2.28. The minimum atomic E-state index is -0.964. The number of hydrogen-bond acceptors (Lipinski definition) is 2. The molecule has 0 aliphatic heterocycles. The number of hydrogen-bond donors (Lipinski definition) is 1. The number of amides is 1. The van der Waals surface area contributed by atoms with Crippen LogP contribution in [-0.4, -0.2) is 27.9 Å². The van der Waals surface area contributed by atoms with Crippen LogP contribution in [0.2, 0.25) is 0 Å². The summed E-state index contributed by atoms with van der Waals surface area (Å²) in [5.41, 5.74) is 1.87. The summed E-state index contributed by atoms with van der Waals surface area (Å²) in [6.07, 6.45) is 2.76. The number of carboxylic acids is 1. The zero-order valence-corrected chi connectivity index (χ0v) is 12.9. The topological polar surface area (TPSA) is 57.6 Å². The van der Waals surface area contributed by atoms with Crippen molar-refractivity contribution in [2.24, 2.45) is 5.92 Å². The van der Waals surface area contributed by atoms with E-state index in [1.807, 2.05) is 24.3 Å². The summed E-state index contributed by atoms with van der Waals surface area (Å²) >= 11 is 0. The van der Waals surface area contributed by atoms with Crippen molar-refractivity contribution in [3.05, 3.63) is 35.4 Å². The average molecular weight is 289 g/mol. The van der Waals surface area contributed by atoms with Gasteiger partial charge in [0.15, 0.2) is 6.04 Å². The lowest BCUT2D eigenvalue weighted by Crippen LogP contribution is -2.39. The fourth-order valence-corrected chi connectivity index (χ4v) is 2.73. The van der Waals surface area contributed by atoms with Crippen LogP contribution in [0, 0.1) is 5.92 Å². The van der Waals surface area contributed by atoms with E-state index in [2.05, 4.69) is 13.8 Å². The molecule has 4 heteroatoms. The van der Waals surface area contributed by atoms with Crippen LogP contribution in [-0.2, 0) is 16.0 Å². The van der Waals surface area contributed by atoms with Crippen LogP contribution in [0.15, 0.2) is 24.3 Å². The van der Waals surface area contributed by atoms with Gasteiger partial charge < -0.3 is 10.0 Å². The van der Waals surface area contributed by atoms with Crippen molar-refractivity contribution in [3.63, 3.8) is 0 Å². The molecule has 1 aromatic carbocycles. The Hall–Kier alpha value is -1.84. The summed E-state index contributed by atoms with van der Waals surface area (Å²) < 4.78 is 0. The molecule has 1 amide bonds. The third-order valence-electron chi connectivity index (χ3n) is 3.76. The van der Waals surface area contributed by atoms with Crippen molar-refractivity contribution in [2.75, 3.05) is 0 Å². The van der Waals surface area contributed by atoms with Gasteiger partial charge >= 0.3 is 5.97 Å². The predicted molar refractivity (Wildman–Crippen MR) is 80.9 cm³/mol. The summed E-state index contributed by atoms with van der Waals surface area (Å²) in [6.45, 7) is 5.75. The maximum atomic E-state index is 11.8. The van der Waals surface area contributed by atoms with Crippen LogP contribution in [0.5, 0.6) is 0 Å². The third kappa shape index (κ3) is 3.84. The average Bonchev–Trinajstić information content (AvgIpc) is 3.19. The maximum absolute atomic E-state index is 11.8. The van der Waals surface area contributed by atoms with E-state index in [4.69, 9.17) is 0 Å². The van der Waals surface area contributed by atoms with Crippen LogP contribution >= 0.6 is 0 Å². The zero-order valence-electron chi connectivity index (χ0n) is 12.9. The van der Waals surface area contributed by atoms with Gasteiger partial charge in [-0.05, 0) is 36.3 Å². The van der Waals surface area contributed by atoms with Crippen LogP contribution in [0.1, 0.15) is 50.8 Å². The van der Waals surface area contributed by atoms with Gasteiger partial charge in [-0.15, -0.1) is 0 Å². The van der Waals surface area contributed by atoms with Crippen molar-refractivity contribution in [3.8, 4) is 0 Å². The summed E-state index contributed by atoms with van der Waals surface area (Å²) in [6, 6.07) is 6.83. The molecule has 21 heavy (non-hydrogen) atoms. The molecule has 1 aliphatic rings. The van der Waals surface area contributed by atoms with Gasteiger partial charge in [0.2, 0.25) is 5.91 Å². The van der Waals surface area contributed by atoms with E-state index in [1.54, 1.807) is 0 Å². The van der Waals surface area contributed by atoms with Crippen LogP contribution in [0.4, 0.5) is 0 Å². The second-order valence-electron chi connectivity index (χ2n) is 6.24. The van der Waals surface area contributed by atoms with Crippen molar-refractivity contribution in [1.82, 2.24) is 4.90 Å². The van der Waals surface area contributed by atoms with Gasteiger partial charge in [-0.2, -0.15) is 0 Å². The Labute approximate surface area is 125 Å². The molecule has 1 unspecified atom stereocenters. The highest BCUT2D eigenvalue weighted by molar-refractivity contribution is 5.84. The molecule has 0 saturated heterocycles. The normalized spacial score (nSPS) is 15.8. The van der Waals surface area contributed by atoms with Gasteiger partial charge in [0.05, 0.1) is 0 Å². The Kier molecular flexibility index (Phi) is 4.66. The molecule has 114 valence electrons. The number of benzene rings is 1. The molecule has 0 radical (unpaired) electrons. The van der Waals surface area contributed by atoms with E-state index in [1.165, 1.54) is 17.4 Å². The first-order chi connectivity index (χ1) is 9.90. The molecule has 4 nitrogen and oxygen atoms in total. The molecule has 1 saturated carbocycles. The van der Waals surface area contributed by atoms with Crippen LogP contribution in [0.25, 0.3) is 0 Å². The fourth-order valence-electron chi connectivity index (χ4n) is 2.73. The SMILES string of the molecule is CC(=O)N(C1CC1)C(C(=O)O)c1ccc(CC(C)C)cc1. The highest BCUT2D eigenvalue weighted by Gasteiger charge is 2.39. The van der Waals surface area contributed by atoms with E-state index >= 15 is 0 Å². The Morgan fingerprint density at radius 3 is 2.19 bits per heavy atom. The van der Waals surface area contributed by atoms with Crippen molar-refractivity contribution in [2.45, 2.75) is 52.1 Å². The summed E-state index contributed by atoms with van der Waals surface area (Å²) in [5, 5.41) is 9.54. The van der Waals surface area contributed by atoms with Crippen LogP contribution in [0.3, 0.4) is 0 Å². The number of rotatable bonds is 6. The van der Waals surface area contributed by atoms with Gasteiger partial charge in [0.1, 0.15) is 0 Å². The highest BCUT2D eigenvalue weighted by atomic mass is 16.4. The molecule has 0 bridgehead atoms. The molecule has 0 spiro atoms. The van der Waals surface area contributed by atoms with E-state index in [-0.39, 0.29) is 11.9 Å². The molecular weight excluding hydrogens is 266 g/mol. The summed E-state index contributed by atoms with van der Waals surface area (Å²) in [4.78, 5) is 25.0. The number of carbonyl (C=O) groups is 2. The first kappa shape index (κ1) is 15.5. The zero-order chi connectivity index (χ0) is 15.6. The largest absolute Gasteiger partial charge is 0.479 e. The Morgan fingerprint density at radius 2 is 1.81 bits per heavy atom. The van der Waals surface area contributed by atoms with Gasteiger partial charge in [0, 0.05) is 13.0 Å². The molecule has 0 heterocycles. The monoisotopic (exact) mass is 289 g/mol. The smallest absolute Gasteiger partial charge is 0.331 e. The molecular formula is C17H23NO3. The number of aliphatic carboxylic acids is 1. The summed E-state index contributed by atoms with van der Waals surface area (Å²) in [7, 11) is 0. The van der Waals surface area contributed by atoms with E-state index < -0.39 is 12.0 Å². The van der Waals surface area contributed by atoms with Crippen molar-refractivity contribution < 1.29 is 14.7 Å². The van der Waals surface area contributed by atoms with Crippen molar-refractivity contribution >= 4 is 11.9 Å². The van der Waals surface area contributed by atoms with Crippen LogP contribution < -0.4 is 0 Å². The predicted octanol–water partition coefficient (Wildman–Crippen LogP) is 3.02. The maximum Gasteiger partial charge on any atom is 0.331 e. The number of nitrogens with zero attached hydrogens (tertiary/aromatic N) is 1. The molecule has 1 aromatic rings. The quantitative estimate of drug-likeness (QED) is 0.875. The van der Waals surface area contributed by atoms with Gasteiger partial charge in [-0.25, -0.2) is 4.79 Å². The number of carbonyl (C=O) groups excluding carboxylic acids is 1. The van der Waals surface area contributed by atoms with E-state index in [0.717, 1.165) is 19.3 Å². The Bertz CT molecular complexity index is 517. The molecule has 1 atom stereocenters. The molecule has 2 rings (SSSR count). The lowest BCUT2D eigenvalue weighted by molar-refractivity contribution is -0.150. The Morgan fingerprint density at radius 1 is 1.24 bits per heavy atom. The summed E-state index contributed by atoms with van der Waals surface area (Å²) in [5.74, 6) is -0.573. The Balaban J connectivity index is 2.25. The first-order valence-corrected chi connectivity index (χ1v) is 7.50. The van der Waals surface area contributed by atoms with Gasteiger partial charge in [-0.1, -0.05) is 38.1 Å². The van der Waals surface area contributed by atoms with Crippen molar-refractivity contribution in [1.29, 1.82) is 0 Å². The molecule has 1 fully saturated rings. The molecule has 0 aromatic heterocycles. The van der Waals surface area contributed by atoms with E-state index in [0.29, 0.717) is 11.5 Å². The fraction of sp³-hybridized carbons (Fsp3) is 0.529. The third-order valence-corrected chi connectivity index (χ3v) is 3.76. The minimum Gasteiger partial charge on any atom is -0.479 e. The second-order valence-corrected chi connectivity index (χ2v) is 6.24. The molecule has 1 aliphatic carbocycles. The highest BCUT2D eigenvalue weighted by Crippen LogP contribution is 2.35. The van der Waals surface area contributed by atoms with Gasteiger partial charge in [0.25, 0.3) is 0 Å². The molecule has 1 N–H and O–H groups in total. The van der Waals surface area contributed by atoms with Gasteiger partial charge in [-0.3, -0.25) is 4.79 Å². The minimum absolute atomic E-state index is 0.0824. The second kappa shape index (κ2) is 6.29. The first-order valence-electron chi connectivity index (χ1n) is 7.50. The van der Waals surface area contributed by atoms with E-state index in [9.17, 15) is 14.7 Å². The standard InChI is InChI=1S/C17H23NO3/c1-11(2)10-13-4-6-14(7-5-13)16(17(20)21)18(12(3)19)15-8-9-15/h4-7,11,15-16H,8-10H2,1-3H3,(H,20,21). The lowest BCUT2D eigenvalue weighted by atomic mass is 9.98. The number of carboxylic acid groups (broad SMARTS) is 1.